The molecular formula is C13H20N2O. The zero-order chi connectivity index (χ0) is 11.4. The lowest BCUT2D eigenvalue weighted by molar-refractivity contribution is 0.118. The molecule has 0 radical (unpaired) electrons. The van der Waals surface area contributed by atoms with E-state index in [-0.39, 0.29) is 0 Å². The van der Waals surface area contributed by atoms with Crippen LogP contribution in [0.25, 0.3) is 0 Å². The van der Waals surface area contributed by atoms with Gasteiger partial charge in [-0.25, -0.2) is 0 Å². The predicted molar refractivity (Wildman–Crippen MR) is 64.7 cm³/mol. The highest BCUT2D eigenvalue weighted by molar-refractivity contribution is 5.22. The van der Waals surface area contributed by atoms with E-state index in [1.54, 1.807) is 0 Å². The quantitative estimate of drug-likeness (QED) is 0.848. The van der Waals surface area contributed by atoms with Crippen LogP contribution in [0, 0.1) is 6.92 Å². The molecule has 1 N–H and O–H groups in total. The van der Waals surface area contributed by atoms with Crippen molar-refractivity contribution < 1.29 is 4.74 Å². The smallest absolute Gasteiger partial charge is 0.123 e. The third-order valence-electron chi connectivity index (χ3n) is 3.23. The summed E-state index contributed by atoms with van der Waals surface area (Å²) in [6.45, 7) is 1.99. The van der Waals surface area contributed by atoms with E-state index in [9.17, 15) is 0 Å². The first-order chi connectivity index (χ1) is 7.79. The summed E-state index contributed by atoms with van der Waals surface area (Å²) < 4.78 is 6.04. The largest absolute Gasteiger partial charge is 0.489 e. The summed E-state index contributed by atoms with van der Waals surface area (Å²) in [5.74, 6) is 0.944. The summed E-state index contributed by atoms with van der Waals surface area (Å²) in [5.41, 5.74) is 1.01. The second-order valence-corrected chi connectivity index (χ2v) is 4.47. The van der Waals surface area contributed by atoms with Crippen LogP contribution in [0.2, 0.25) is 0 Å². The third kappa shape index (κ3) is 2.73. The minimum absolute atomic E-state index is 0.306. The van der Waals surface area contributed by atoms with E-state index in [0.717, 1.165) is 17.9 Å². The molecule has 0 spiro atoms. The Bertz CT molecular complexity index is 340. The molecule has 1 aliphatic rings. The fourth-order valence-electron chi connectivity index (χ4n) is 2.34. The summed E-state index contributed by atoms with van der Waals surface area (Å²) in [4.78, 5) is 4.18. The Morgan fingerprint density at radius 2 is 2.19 bits per heavy atom. The Balaban J connectivity index is 2.02. The van der Waals surface area contributed by atoms with Gasteiger partial charge in [0.15, 0.2) is 0 Å². The van der Waals surface area contributed by atoms with Crippen molar-refractivity contribution >= 4 is 0 Å². The fourth-order valence-corrected chi connectivity index (χ4v) is 2.34. The molecule has 1 fully saturated rings. The number of hydrogen-bond acceptors (Lipinski definition) is 3. The van der Waals surface area contributed by atoms with Gasteiger partial charge in [0.2, 0.25) is 0 Å². The number of ether oxygens (including phenoxy) is 1. The lowest BCUT2D eigenvalue weighted by Gasteiger charge is -2.31. The van der Waals surface area contributed by atoms with Gasteiger partial charge >= 0.3 is 0 Å². The van der Waals surface area contributed by atoms with Crippen molar-refractivity contribution in [2.75, 3.05) is 7.05 Å². The van der Waals surface area contributed by atoms with E-state index in [4.69, 9.17) is 4.74 Å². The molecule has 2 atom stereocenters. The molecule has 3 heteroatoms. The number of nitrogens with one attached hydrogen (secondary N) is 1. The monoisotopic (exact) mass is 220 g/mol. The Morgan fingerprint density at radius 1 is 1.38 bits per heavy atom. The second-order valence-electron chi connectivity index (χ2n) is 4.47. The minimum Gasteiger partial charge on any atom is -0.489 e. The summed E-state index contributed by atoms with van der Waals surface area (Å²) in [5, 5.41) is 3.35. The van der Waals surface area contributed by atoms with Gasteiger partial charge in [0, 0.05) is 24.0 Å². The number of aryl methyl sites for hydroxylation is 1. The molecular weight excluding hydrogens is 200 g/mol. The molecule has 88 valence electrons. The van der Waals surface area contributed by atoms with Crippen LogP contribution >= 0.6 is 0 Å². The molecule has 1 aromatic heterocycles. The van der Waals surface area contributed by atoms with Gasteiger partial charge in [-0.3, -0.25) is 4.98 Å². The maximum atomic E-state index is 6.04. The van der Waals surface area contributed by atoms with Crippen molar-refractivity contribution in [3.8, 4) is 5.75 Å². The van der Waals surface area contributed by atoms with E-state index in [1.807, 2.05) is 32.3 Å². The summed E-state index contributed by atoms with van der Waals surface area (Å²) in [7, 11) is 2.02. The highest BCUT2D eigenvalue weighted by atomic mass is 16.5. The average Bonchev–Trinajstić information content (AvgIpc) is 2.30. The number of hydrogen-bond donors (Lipinski definition) is 1. The molecule has 0 saturated heterocycles. The first kappa shape index (κ1) is 11.4. The van der Waals surface area contributed by atoms with Crippen molar-refractivity contribution in [3.63, 3.8) is 0 Å². The van der Waals surface area contributed by atoms with Crippen LogP contribution in [0.3, 0.4) is 0 Å². The van der Waals surface area contributed by atoms with Crippen LogP contribution in [0.5, 0.6) is 5.75 Å². The summed E-state index contributed by atoms with van der Waals surface area (Å²) in [6.07, 6.45) is 7.05. The zero-order valence-corrected chi connectivity index (χ0v) is 10.1. The zero-order valence-electron chi connectivity index (χ0n) is 10.1. The van der Waals surface area contributed by atoms with Crippen molar-refractivity contribution in [2.24, 2.45) is 0 Å². The molecule has 0 amide bonds. The van der Waals surface area contributed by atoms with Crippen molar-refractivity contribution in [3.05, 3.63) is 24.0 Å². The van der Waals surface area contributed by atoms with Crippen molar-refractivity contribution in [2.45, 2.75) is 44.8 Å². The van der Waals surface area contributed by atoms with E-state index in [1.165, 1.54) is 19.3 Å². The minimum atomic E-state index is 0.306. The molecule has 2 rings (SSSR count). The predicted octanol–water partition coefficient (Wildman–Crippen LogP) is 2.30. The Kier molecular flexibility index (Phi) is 3.78. The van der Waals surface area contributed by atoms with Gasteiger partial charge in [-0.1, -0.05) is 6.42 Å². The Labute approximate surface area is 97.2 Å². The number of likely N-dealkylation sites (N-methyl/N-ethyl adjacent to an activating group) is 1. The van der Waals surface area contributed by atoms with Crippen LogP contribution in [0.15, 0.2) is 18.3 Å². The number of pyridine rings is 1. The SMILES string of the molecule is CNC1CCCCC1Oc1ccnc(C)c1. The van der Waals surface area contributed by atoms with E-state index in [0.29, 0.717) is 12.1 Å². The summed E-state index contributed by atoms with van der Waals surface area (Å²) >= 11 is 0. The first-order valence-electron chi connectivity index (χ1n) is 6.06. The fraction of sp³-hybridized carbons (Fsp3) is 0.615. The van der Waals surface area contributed by atoms with Gasteiger partial charge in [-0.15, -0.1) is 0 Å². The van der Waals surface area contributed by atoms with Gasteiger partial charge < -0.3 is 10.1 Å². The summed E-state index contributed by atoms with van der Waals surface area (Å²) in [6, 6.07) is 4.43. The van der Waals surface area contributed by atoms with Gasteiger partial charge in [-0.2, -0.15) is 0 Å². The van der Waals surface area contributed by atoms with Crippen molar-refractivity contribution in [1.29, 1.82) is 0 Å². The highest BCUT2D eigenvalue weighted by Gasteiger charge is 2.25. The number of nitrogens with zero attached hydrogens (tertiary/aromatic N) is 1. The molecule has 0 aliphatic heterocycles. The molecule has 3 nitrogen and oxygen atoms in total. The lowest BCUT2D eigenvalue weighted by Crippen LogP contribution is -2.43. The van der Waals surface area contributed by atoms with Crippen LogP contribution in [-0.4, -0.2) is 24.2 Å². The molecule has 16 heavy (non-hydrogen) atoms. The highest BCUT2D eigenvalue weighted by Crippen LogP contribution is 2.23. The van der Waals surface area contributed by atoms with Gasteiger partial charge in [0.25, 0.3) is 0 Å². The maximum Gasteiger partial charge on any atom is 0.123 e. The second kappa shape index (κ2) is 5.30. The molecule has 1 aliphatic carbocycles. The molecule has 0 aromatic carbocycles. The Morgan fingerprint density at radius 3 is 2.94 bits per heavy atom. The van der Waals surface area contributed by atoms with Gasteiger partial charge in [-0.05, 0) is 39.3 Å². The topological polar surface area (TPSA) is 34.1 Å². The average molecular weight is 220 g/mol. The van der Waals surface area contributed by atoms with Crippen LogP contribution < -0.4 is 10.1 Å². The third-order valence-corrected chi connectivity index (χ3v) is 3.23. The molecule has 2 unspecified atom stereocenters. The van der Waals surface area contributed by atoms with E-state index < -0.39 is 0 Å². The lowest BCUT2D eigenvalue weighted by atomic mass is 9.92. The number of rotatable bonds is 3. The Hall–Kier alpha value is -1.09. The van der Waals surface area contributed by atoms with Gasteiger partial charge in [0.1, 0.15) is 11.9 Å². The normalized spacial score (nSPS) is 25.4. The molecule has 1 heterocycles. The van der Waals surface area contributed by atoms with Crippen molar-refractivity contribution in [1.82, 2.24) is 10.3 Å². The van der Waals surface area contributed by atoms with Crippen LogP contribution in [-0.2, 0) is 0 Å². The number of aromatic nitrogens is 1. The van der Waals surface area contributed by atoms with E-state index >= 15 is 0 Å². The van der Waals surface area contributed by atoms with Crippen LogP contribution in [0.4, 0.5) is 0 Å². The standard InChI is InChI=1S/C13H20N2O/c1-10-9-11(7-8-15-10)16-13-6-4-3-5-12(13)14-2/h7-9,12-14H,3-6H2,1-2H3. The molecule has 0 bridgehead atoms. The first-order valence-corrected chi connectivity index (χ1v) is 6.06. The van der Waals surface area contributed by atoms with Gasteiger partial charge in [0.05, 0.1) is 0 Å². The van der Waals surface area contributed by atoms with Crippen LogP contribution in [0.1, 0.15) is 31.4 Å². The molecule has 1 saturated carbocycles. The van der Waals surface area contributed by atoms with E-state index in [2.05, 4.69) is 10.3 Å². The molecule has 1 aromatic rings. The maximum absolute atomic E-state index is 6.04.